The quantitative estimate of drug-likeness (QED) is 0.845. The second kappa shape index (κ2) is 4.56. The SMILES string of the molecule is CCCCN1CC(C(=O)O)c2ccccc21. The Morgan fingerprint density at radius 1 is 1.50 bits per heavy atom. The van der Waals surface area contributed by atoms with Crippen LogP contribution in [0.2, 0.25) is 0 Å². The van der Waals surface area contributed by atoms with Gasteiger partial charge in [-0.3, -0.25) is 4.79 Å². The predicted octanol–water partition coefficient (Wildman–Crippen LogP) is 2.47. The number of benzene rings is 1. The molecule has 0 radical (unpaired) electrons. The van der Waals surface area contributed by atoms with Crippen molar-refractivity contribution in [3.8, 4) is 0 Å². The second-order valence-corrected chi connectivity index (χ2v) is 4.25. The molecule has 1 heterocycles. The Kier molecular flexibility index (Phi) is 3.13. The van der Waals surface area contributed by atoms with Crippen LogP contribution in [0.25, 0.3) is 0 Å². The molecule has 0 bridgehead atoms. The zero-order valence-corrected chi connectivity index (χ0v) is 9.52. The fourth-order valence-corrected chi connectivity index (χ4v) is 2.26. The number of hydrogen-bond acceptors (Lipinski definition) is 2. The third-order valence-corrected chi connectivity index (χ3v) is 3.14. The first kappa shape index (κ1) is 11.0. The molecule has 86 valence electrons. The number of para-hydroxylation sites is 1. The molecular weight excluding hydrogens is 202 g/mol. The van der Waals surface area contributed by atoms with Gasteiger partial charge in [0.1, 0.15) is 5.92 Å². The summed E-state index contributed by atoms with van der Waals surface area (Å²) in [5.74, 6) is -1.07. The Morgan fingerprint density at radius 2 is 2.25 bits per heavy atom. The highest BCUT2D eigenvalue weighted by atomic mass is 16.4. The first-order valence-corrected chi connectivity index (χ1v) is 5.80. The van der Waals surface area contributed by atoms with Gasteiger partial charge in [0.25, 0.3) is 0 Å². The minimum atomic E-state index is -0.716. The molecule has 3 nitrogen and oxygen atoms in total. The number of unbranched alkanes of at least 4 members (excludes halogenated alkanes) is 1. The zero-order chi connectivity index (χ0) is 11.5. The standard InChI is InChI=1S/C13H17NO2/c1-2-3-8-14-9-11(13(15)16)10-6-4-5-7-12(10)14/h4-7,11H,2-3,8-9H2,1H3,(H,15,16). The van der Waals surface area contributed by atoms with Gasteiger partial charge < -0.3 is 10.0 Å². The molecule has 1 N–H and O–H groups in total. The van der Waals surface area contributed by atoms with Gasteiger partial charge in [-0.05, 0) is 18.1 Å². The number of hydrogen-bond donors (Lipinski definition) is 1. The first-order valence-electron chi connectivity index (χ1n) is 5.80. The van der Waals surface area contributed by atoms with E-state index >= 15 is 0 Å². The van der Waals surface area contributed by atoms with E-state index in [2.05, 4.69) is 11.8 Å². The lowest BCUT2D eigenvalue weighted by atomic mass is 10.0. The molecule has 1 aromatic carbocycles. The van der Waals surface area contributed by atoms with Gasteiger partial charge in [0.15, 0.2) is 0 Å². The predicted molar refractivity (Wildman–Crippen MR) is 63.9 cm³/mol. The van der Waals surface area contributed by atoms with Crippen LogP contribution in [0, 0.1) is 0 Å². The number of nitrogens with zero attached hydrogens (tertiary/aromatic N) is 1. The maximum atomic E-state index is 11.2. The van der Waals surface area contributed by atoms with Crippen molar-refractivity contribution < 1.29 is 9.90 Å². The molecular formula is C13H17NO2. The van der Waals surface area contributed by atoms with Gasteiger partial charge in [0.05, 0.1) is 0 Å². The molecule has 1 aromatic rings. The summed E-state index contributed by atoms with van der Waals surface area (Å²) in [5, 5.41) is 9.18. The van der Waals surface area contributed by atoms with Gasteiger partial charge in [-0.1, -0.05) is 31.5 Å². The van der Waals surface area contributed by atoms with E-state index in [0.29, 0.717) is 6.54 Å². The molecule has 0 aromatic heterocycles. The monoisotopic (exact) mass is 219 g/mol. The smallest absolute Gasteiger partial charge is 0.312 e. The van der Waals surface area contributed by atoms with Crippen LogP contribution in [0.4, 0.5) is 5.69 Å². The van der Waals surface area contributed by atoms with Crippen molar-refractivity contribution in [2.75, 3.05) is 18.0 Å². The van der Waals surface area contributed by atoms with E-state index in [1.54, 1.807) is 0 Å². The molecule has 0 saturated heterocycles. The van der Waals surface area contributed by atoms with E-state index in [0.717, 1.165) is 30.6 Å². The summed E-state index contributed by atoms with van der Waals surface area (Å²) in [6, 6.07) is 7.84. The van der Waals surface area contributed by atoms with Crippen molar-refractivity contribution in [1.82, 2.24) is 0 Å². The third kappa shape index (κ3) is 1.90. The number of carboxylic acids is 1. The van der Waals surface area contributed by atoms with Crippen LogP contribution in [-0.4, -0.2) is 24.2 Å². The van der Waals surface area contributed by atoms with E-state index < -0.39 is 5.97 Å². The Hall–Kier alpha value is -1.51. The Balaban J connectivity index is 2.24. The van der Waals surface area contributed by atoms with E-state index in [1.165, 1.54) is 0 Å². The summed E-state index contributed by atoms with van der Waals surface area (Å²) in [7, 11) is 0. The van der Waals surface area contributed by atoms with E-state index in [9.17, 15) is 9.90 Å². The van der Waals surface area contributed by atoms with Crippen molar-refractivity contribution in [3.05, 3.63) is 29.8 Å². The Bertz CT molecular complexity index is 389. The van der Waals surface area contributed by atoms with Crippen LogP contribution >= 0.6 is 0 Å². The van der Waals surface area contributed by atoms with Gasteiger partial charge in [0.2, 0.25) is 0 Å². The molecule has 3 heteroatoms. The van der Waals surface area contributed by atoms with Crippen LogP contribution in [0.15, 0.2) is 24.3 Å². The molecule has 0 saturated carbocycles. The van der Waals surface area contributed by atoms with E-state index in [-0.39, 0.29) is 5.92 Å². The molecule has 16 heavy (non-hydrogen) atoms. The minimum absolute atomic E-state index is 0.354. The van der Waals surface area contributed by atoms with Gasteiger partial charge in [-0.2, -0.15) is 0 Å². The molecule has 1 aliphatic rings. The fraction of sp³-hybridized carbons (Fsp3) is 0.462. The maximum Gasteiger partial charge on any atom is 0.312 e. The summed E-state index contributed by atoms with van der Waals surface area (Å²) < 4.78 is 0. The molecule has 0 amide bonds. The van der Waals surface area contributed by atoms with E-state index in [1.807, 2.05) is 24.3 Å². The number of carboxylic acid groups (broad SMARTS) is 1. The van der Waals surface area contributed by atoms with Gasteiger partial charge in [-0.25, -0.2) is 0 Å². The number of aliphatic carboxylic acids is 1. The van der Waals surface area contributed by atoms with Crippen LogP contribution < -0.4 is 4.90 Å². The average Bonchev–Trinajstić information content (AvgIpc) is 2.65. The van der Waals surface area contributed by atoms with Crippen molar-refractivity contribution in [2.24, 2.45) is 0 Å². The average molecular weight is 219 g/mol. The summed E-state index contributed by atoms with van der Waals surface area (Å²) in [6.45, 7) is 3.72. The highest BCUT2D eigenvalue weighted by Crippen LogP contribution is 2.36. The molecule has 2 rings (SSSR count). The molecule has 1 unspecified atom stereocenters. The lowest BCUT2D eigenvalue weighted by Crippen LogP contribution is -2.25. The van der Waals surface area contributed by atoms with Crippen molar-refractivity contribution in [1.29, 1.82) is 0 Å². The molecule has 0 spiro atoms. The summed E-state index contributed by atoms with van der Waals surface area (Å²) in [6.07, 6.45) is 2.25. The fourth-order valence-electron chi connectivity index (χ4n) is 2.26. The minimum Gasteiger partial charge on any atom is -0.481 e. The van der Waals surface area contributed by atoms with Gasteiger partial charge in [0, 0.05) is 18.8 Å². The molecule has 0 fully saturated rings. The Morgan fingerprint density at radius 3 is 2.94 bits per heavy atom. The van der Waals surface area contributed by atoms with Crippen LogP contribution in [-0.2, 0) is 4.79 Å². The second-order valence-electron chi connectivity index (χ2n) is 4.25. The summed E-state index contributed by atoms with van der Waals surface area (Å²) in [4.78, 5) is 13.3. The lowest BCUT2D eigenvalue weighted by Gasteiger charge is -2.18. The van der Waals surface area contributed by atoms with Crippen molar-refractivity contribution >= 4 is 11.7 Å². The van der Waals surface area contributed by atoms with Crippen LogP contribution in [0.5, 0.6) is 0 Å². The third-order valence-electron chi connectivity index (χ3n) is 3.14. The number of carbonyl (C=O) groups is 1. The van der Waals surface area contributed by atoms with Crippen molar-refractivity contribution in [3.63, 3.8) is 0 Å². The molecule has 0 aliphatic carbocycles. The highest BCUT2D eigenvalue weighted by molar-refractivity contribution is 5.82. The summed E-state index contributed by atoms with van der Waals surface area (Å²) >= 11 is 0. The molecule has 1 aliphatic heterocycles. The van der Waals surface area contributed by atoms with Gasteiger partial charge >= 0.3 is 5.97 Å². The van der Waals surface area contributed by atoms with Crippen molar-refractivity contribution in [2.45, 2.75) is 25.7 Å². The number of anilines is 1. The number of fused-ring (bicyclic) bond motifs is 1. The lowest BCUT2D eigenvalue weighted by molar-refractivity contribution is -0.138. The topological polar surface area (TPSA) is 40.5 Å². The first-order chi connectivity index (χ1) is 7.74. The maximum absolute atomic E-state index is 11.2. The summed E-state index contributed by atoms with van der Waals surface area (Å²) in [5.41, 5.74) is 2.06. The Labute approximate surface area is 95.7 Å². The largest absolute Gasteiger partial charge is 0.481 e. The normalized spacial score (nSPS) is 18.6. The van der Waals surface area contributed by atoms with Crippen LogP contribution in [0.1, 0.15) is 31.2 Å². The van der Waals surface area contributed by atoms with E-state index in [4.69, 9.17) is 0 Å². The van der Waals surface area contributed by atoms with Gasteiger partial charge in [-0.15, -0.1) is 0 Å². The molecule has 1 atom stereocenters. The highest BCUT2D eigenvalue weighted by Gasteiger charge is 2.32. The zero-order valence-electron chi connectivity index (χ0n) is 9.52. The van der Waals surface area contributed by atoms with Crippen LogP contribution in [0.3, 0.4) is 0 Å². The number of rotatable bonds is 4.